The quantitative estimate of drug-likeness (QED) is 0.739. The summed E-state index contributed by atoms with van der Waals surface area (Å²) in [6.07, 6.45) is 1.04. The fraction of sp³-hybridized carbons (Fsp3) is 0.500. The van der Waals surface area contributed by atoms with Gasteiger partial charge in [0.25, 0.3) is 0 Å². The molecule has 0 fully saturated rings. The van der Waals surface area contributed by atoms with Gasteiger partial charge < -0.3 is 22.7 Å². The van der Waals surface area contributed by atoms with Crippen LogP contribution in [0, 0.1) is 0 Å². The van der Waals surface area contributed by atoms with E-state index in [0.29, 0.717) is 0 Å². The maximum atomic E-state index is 5.60. The Bertz CT molecular complexity index is 439. The SMILES string of the molecule is Br.CC1=[N+](CCCN)c2ccccc2C1(C)C.[Br-]. The van der Waals surface area contributed by atoms with Crippen molar-refractivity contribution in [3.8, 4) is 0 Å². The zero-order valence-electron chi connectivity index (χ0n) is 11.2. The van der Waals surface area contributed by atoms with Crippen molar-refractivity contribution in [3.63, 3.8) is 0 Å². The first-order valence-electron chi connectivity index (χ1n) is 6.00. The normalized spacial score (nSPS) is 15.8. The number of fused-ring (bicyclic) bond motifs is 1. The lowest BCUT2D eigenvalue weighted by Crippen LogP contribution is -3.00. The summed E-state index contributed by atoms with van der Waals surface area (Å²) < 4.78 is 2.42. The number of para-hydroxylation sites is 1. The summed E-state index contributed by atoms with van der Waals surface area (Å²) in [5.74, 6) is 0. The van der Waals surface area contributed by atoms with Gasteiger partial charge in [-0.15, -0.1) is 17.0 Å². The first-order valence-corrected chi connectivity index (χ1v) is 6.00. The average Bonchev–Trinajstić information content (AvgIpc) is 2.47. The lowest BCUT2D eigenvalue weighted by molar-refractivity contribution is -0.439. The molecule has 0 unspecified atom stereocenters. The molecule has 0 spiro atoms. The molecule has 1 aromatic rings. The van der Waals surface area contributed by atoms with E-state index in [2.05, 4.69) is 49.6 Å². The zero-order chi connectivity index (χ0) is 11.8. The van der Waals surface area contributed by atoms with Gasteiger partial charge in [-0.2, -0.15) is 4.58 Å². The topological polar surface area (TPSA) is 29.0 Å². The minimum Gasteiger partial charge on any atom is -1.00 e. The maximum Gasteiger partial charge on any atom is 0.209 e. The van der Waals surface area contributed by atoms with Gasteiger partial charge in [-0.1, -0.05) is 18.2 Å². The van der Waals surface area contributed by atoms with Crippen molar-refractivity contribution in [1.82, 2.24) is 0 Å². The Kier molecular flexibility index (Phi) is 6.75. The van der Waals surface area contributed by atoms with Crippen molar-refractivity contribution < 1.29 is 21.6 Å². The molecule has 2 N–H and O–H groups in total. The van der Waals surface area contributed by atoms with E-state index in [4.69, 9.17) is 5.73 Å². The van der Waals surface area contributed by atoms with Crippen molar-refractivity contribution >= 4 is 28.4 Å². The molecule has 0 saturated carbocycles. The lowest BCUT2D eigenvalue weighted by atomic mass is 9.82. The van der Waals surface area contributed by atoms with E-state index in [0.717, 1.165) is 19.5 Å². The fourth-order valence-corrected chi connectivity index (χ4v) is 2.49. The van der Waals surface area contributed by atoms with Crippen LogP contribution in [0.15, 0.2) is 24.3 Å². The molecule has 0 radical (unpaired) electrons. The Morgan fingerprint density at radius 1 is 1.22 bits per heavy atom. The Morgan fingerprint density at radius 3 is 2.44 bits per heavy atom. The van der Waals surface area contributed by atoms with Gasteiger partial charge in [0.05, 0.1) is 5.41 Å². The molecule has 0 aliphatic carbocycles. The third-order valence-electron chi connectivity index (χ3n) is 3.76. The van der Waals surface area contributed by atoms with Gasteiger partial charge >= 0.3 is 0 Å². The molecular formula is C14H22Br2N2. The highest BCUT2D eigenvalue weighted by molar-refractivity contribution is 8.93. The summed E-state index contributed by atoms with van der Waals surface area (Å²) in [6, 6.07) is 8.69. The minimum atomic E-state index is 0. The Hall–Kier alpha value is -0.190. The molecule has 4 heteroatoms. The van der Waals surface area contributed by atoms with Gasteiger partial charge in [0.2, 0.25) is 5.69 Å². The van der Waals surface area contributed by atoms with E-state index in [1.54, 1.807) is 0 Å². The molecule has 102 valence electrons. The van der Waals surface area contributed by atoms with Gasteiger partial charge in [-0.3, -0.25) is 0 Å². The third-order valence-corrected chi connectivity index (χ3v) is 3.76. The molecular weight excluding hydrogens is 356 g/mol. The highest BCUT2D eigenvalue weighted by Gasteiger charge is 2.42. The van der Waals surface area contributed by atoms with Crippen molar-refractivity contribution in [1.29, 1.82) is 0 Å². The van der Waals surface area contributed by atoms with Crippen molar-refractivity contribution in [2.75, 3.05) is 13.1 Å². The molecule has 0 aromatic heterocycles. The summed E-state index contributed by atoms with van der Waals surface area (Å²) in [5, 5.41) is 0. The number of halogens is 2. The first kappa shape index (κ1) is 17.8. The standard InChI is InChI=1S/C14H21N2.2BrH/c1-11-14(2,3)12-7-4-5-8-13(12)16(11)10-6-9-15;;/h4-5,7-8H,6,9-10,15H2,1-3H3;2*1H/q+1;;/p-1. The number of nitrogens with zero attached hydrogens (tertiary/aromatic N) is 1. The van der Waals surface area contributed by atoms with E-state index in [9.17, 15) is 0 Å². The molecule has 0 atom stereocenters. The molecule has 18 heavy (non-hydrogen) atoms. The van der Waals surface area contributed by atoms with E-state index in [1.807, 2.05) is 0 Å². The number of benzene rings is 1. The highest BCUT2D eigenvalue weighted by atomic mass is 79.9. The predicted octanol–water partition coefficient (Wildman–Crippen LogP) is 0.0134. The molecule has 1 heterocycles. The van der Waals surface area contributed by atoms with Crippen LogP contribution < -0.4 is 22.7 Å². The van der Waals surface area contributed by atoms with Crippen LogP contribution in [0.3, 0.4) is 0 Å². The molecule has 0 saturated heterocycles. The molecule has 2 rings (SSSR count). The van der Waals surface area contributed by atoms with Crippen LogP contribution in [0.25, 0.3) is 0 Å². The monoisotopic (exact) mass is 376 g/mol. The van der Waals surface area contributed by atoms with Gasteiger partial charge in [0.1, 0.15) is 6.54 Å². The second-order valence-electron chi connectivity index (χ2n) is 5.02. The largest absolute Gasteiger partial charge is 1.00 e. The average molecular weight is 378 g/mol. The first-order chi connectivity index (χ1) is 7.59. The Morgan fingerprint density at radius 2 is 1.83 bits per heavy atom. The van der Waals surface area contributed by atoms with Crippen LogP contribution in [0.1, 0.15) is 32.8 Å². The van der Waals surface area contributed by atoms with Crippen LogP contribution in [0.2, 0.25) is 0 Å². The number of rotatable bonds is 3. The van der Waals surface area contributed by atoms with Gasteiger partial charge in [0, 0.05) is 25.0 Å². The third kappa shape index (κ3) is 2.86. The van der Waals surface area contributed by atoms with Crippen LogP contribution in [0.5, 0.6) is 0 Å². The van der Waals surface area contributed by atoms with Gasteiger partial charge in [-0.05, 0) is 20.4 Å². The van der Waals surface area contributed by atoms with Crippen molar-refractivity contribution in [2.45, 2.75) is 32.6 Å². The van der Waals surface area contributed by atoms with E-state index < -0.39 is 0 Å². The molecule has 1 aromatic carbocycles. The van der Waals surface area contributed by atoms with Crippen molar-refractivity contribution in [3.05, 3.63) is 29.8 Å². The lowest BCUT2D eigenvalue weighted by Gasteiger charge is -2.14. The molecule has 2 nitrogen and oxygen atoms in total. The van der Waals surface area contributed by atoms with E-state index in [1.165, 1.54) is 17.0 Å². The Labute approximate surface area is 131 Å². The van der Waals surface area contributed by atoms with E-state index >= 15 is 0 Å². The summed E-state index contributed by atoms with van der Waals surface area (Å²) in [5.41, 5.74) is 9.99. The highest BCUT2D eigenvalue weighted by Crippen LogP contribution is 2.38. The Balaban J connectivity index is 0.00000144. The van der Waals surface area contributed by atoms with Gasteiger partial charge in [-0.25, -0.2) is 0 Å². The second kappa shape index (κ2) is 6.83. The molecule has 0 amide bonds. The summed E-state index contributed by atoms with van der Waals surface area (Å²) in [7, 11) is 0. The van der Waals surface area contributed by atoms with Crippen LogP contribution in [-0.4, -0.2) is 23.4 Å². The van der Waals surface area contributed by atoms with E-state index in [-0.39, 0.29) is 39.4 Å². The summed E-state index contributed by atoms with van der Waals surface area (Å²) >= 11 is 0. The minimum absolute atomic E-state index is 0. The molecule has 0 bridgehead atoms. The number of nitrogens with two attached hydrogens (primary N) is 1. The zero-order valence-corrected chi connectivity index (χ0v) is 14.5. The number of hydrogen-bond acceptors (Lipinski definition) is 1. The van der Waals surface area contributed by atoms with Crippen LogP contribution in [0.4, 0.5) is 5.69 Å². The second-order valence-corrected chi connectivity index (χ2v) is 5.02. The predicted molar refractivity (Wildman–Crippen MR) is 78.9 cm³/mol. The molecule has 1 aliphatic heterocycles. The van der Waals surface area contributed by atoms with Crippen LogP contribution >= 0.6 is 17.0 Å². The van der Waals surface area contributed by atoms with Crippen LogP contribution in [-0.2, 0) is 5.41 Å². The van der Waals surface area contributed by atoms with Gasteiger partial charge in [0.15, 0.2) is 5.71 Å². The summed E-state index contributed by atoms with van der Waals surface area (Å²) in [4.78, 5) is 0. The molecule has 1 aliphatic rings. The maximum absolute atomic E-state index is 5.60. The number of hydrogen-bond donors (Lipinski definition) is 1. The smallest absolute Gasteiger partial charge is 0.209 e. The van der Waals surface area contributed by atoms with Crippen molar-refractivity contribution in [2.24, 2.45) is 5.73 Å². The summed E-state index contributed by atoms with van der Waals surface area (Å²) in [6.45, 7) is 8.61. The fourth-order valence-electron chi connectivity index (χ4n) is 2.49.